The van der Waals surface area contributed by atoms with Gasteiger partial charge in [0.15, 0.2) is 0 Å². The zero-order valence-electron chi connectivity index (χ0n) is 13.3. The van der Waals surface area contributed by atoms with Gasteiger partial charge in [-0.2, -0.15) is 0 Å². The first-order chi connectivity index (χ1) is 9.58. The molecule has 118 valence electrons. The molecule has 0 saturated carbocycles. The van der Waals surface area contributed by atoms with E-state index < -0.39 is 15.6 Å². The minimum absolute atomic E-state index is 0.157. The molecule has 0 bridgehead atoms. The Morgan fingerprint density at radius 2 is 1.95 bits per heavy atom. The Morgan fingerprint density at radius 3 is 2.48 bits per heavy atom. The van der Waals surface area contributed by atoms with Crippen LogP contribution in [0.2, 0.25) is 0 Å². The highest BCUT2D eigenvalue weighted by atomic mass is 32.2. The second kappa shape index (κ2) is 5.26. The van der Waals surface area contributed by atoms with Gasteiger partial charge in [0.25, 0.3) is 0 Å². The lowest BCUT2D eigenvalue weighted by Gasteiger charge is -2.29. The third-order valence-corrected chi connectivity index (χ3v) is 6.38. The molecular formula is C15H24N2O3S. The van der Waals surface area contributed by atoms with Crippen molar-refractivity contribution in [2.75, 3.05) is 12.3 Å². The minimum atomic E-state index is -3.65. The Bertz CT molecular complexity index is 670. The van der Waals surface area contributed by atoms with Crippen LogP contribution >= 0.6 is 0 Å². The number of nitrogens with two attached hydrogens (primary N) is 1. The van der Waals surface area contributed by atoms with Crippen molar-refractivity contribution < 1.29 is 13.2 Å². The molecule has 0 aliphatic carbocycles. The third-order valence-electron chi connectivity index (χ3n) is 4.48. The Balaban J connectivity index is 2.48. The first-order valence-corrected chi connectivity index (χ1v) is 8.58. The van der Waals surface area contributed by atoms with E-state index in [0.717, 1.165) is 5.56 Å². The number of ether oxygens (including phenoxy) is 1. The van der Waals surface area contributed by atoms with Gasteiger partial charge in [0.05, 0.1) is 16.5 Å². The molecule has 2 unspecified atom stereocenters. The molecule has 0 aromatic heterocycles. The molecule has 1 aromatic rings. The van der Waals surface area contributed by atoms with Crippen molar-refractivity contribution in [3.8, 4) is 0 Å². The summed E-state index contributed by atoms with van der Waals surface area (Å²) in [5.74, 6) is 0. The molecule has 1 aliphatic rings. The van der Waals surface area contributed by atoms with Gasteiger partial charge >= 0.3 is 0 Å². The first-order valence-electron chi connectivity index (χ1n) is 7.10. The van der Waals surface area contributed by atoms with E-state index in [1.807, 2.05) is 26.8 Å². The van der Waals surface area contributed by atoms with Gasteiger partial charge in [-0.15, -0.1) is 0 Å². The number of anilines is 1. The van der Waals surface area contributed by atoms with Crippen LogP contribution in [0, 0.1) is 20.8 Å². The molecule has 2 atom stereocenters. The Morgan fingerprint density at radius 1 is 1.33 bits per heavy atom. The Labute approximate surface area is 126 Å². The number of hydrogen-bond acceptors (Lipinski definition) is 4. The predicted molar refractivity (Wildman–Crippen MR) is 83.8 cm³/mol. The summed E-state index contributed by atoms with van der Waals surface area (Å²) in [4.78, 5) is 0.283. The van der Waals surface area contributed by atoms with Crippen LogP contribution in [0.5, 0.6) is 0 Å². The van der Waals surface area contributed by atoms with Gasteiger partial charge in [0.1, 0.15) is 0 Å². The topological polar surface area (TPSA) is 81.4 Å². The van der Waals surface area contributed by atoms with Crippen LogP contribution in [0.4, 0.5) is 5.69 Å². The third kappa shape index (κ3) is 2.80. The lowest BCUT2D eigenvalue weighted by molar-refractivity contribution is 0.0957. The molecule has 1 fully saturated rings. The fourth-order valence-electron chi connectivity index (χ4n) is 2.92. The van der Waals surface area contributed by atoms with Gasteiger partial charge in [-0.25, -0.2) is 13.1 Å². The molecule has 1 aliphatic heterocycles. The SMILES string of the molecule is Cc1cc(C)c(S(=O)(=O)NC2(C)CCOC2C)c(C)c1N. The van der Waals surface area contributed by atoms with Crippen molar-refractivity contribution in [2.24, 2.45) is 0 Å². The van der Waals surface area contributed by atoms with Crippen LogP contribution < -0.4 is 10.5 Å². The molecule has 1 saturated heterocycles. The number of nitrogens with one attached hydrogen (secondary N) is 1. The summed E-state index contributed by atoms with van der Waals surface area (Å²) in [5.41, 5.74) is 8.16. The highest BCUT2D eigenvalue weighted by Crippen LogP contribution is 2.31. The Hall–Kier alpha value is -1.11. The zero-order chi connectivity index (χ0) is 16.0. The van der Waals surface area contributed by atoms with E-state index >= 15 is 0 Å². The maximum Gasteiger partial charge on any atom is 0.241 e. The quantitative estimate of drug-likeness (QED) is 0.837. The predicted octanol–water partition coefficient (Wildman–Crippen LogP) is 2.04. The van der Waals surface area contributed by atoms with E-state index in [-0.39, 0.29) is 11.0 Å². The van der Waals surface area contributed by atoms with Gasteiger partial charge in [-0.3, -0.25) is 0 Å². The van der Waals surface area contributed by atoms with Crippen LogP contribution in [0.3, 0.4) is 0 Å². The summed E-state index contributed by atoms with van der Waals surface area (Å²) < 4.78 is 34.0. The lowest BCUT2D eigenvalue weighted by atomic mass is 9.97. The van der Waals surface area contributed by atoms with Crippen LogP contribution in [-0.4, -0.2) is 26.7 Å². The summed E-state index contributed by atoms with van der Waals surface area (Å²) in [6, 6.07) is 1.81. The maximum atomic E-state index is 12.8. The van der Waals surface area contributed by atoms with Crippen molar-refractivity contribution in [1.29, 1.82) is 0 Å². The lowest BCUT2D eigenvalue weighted by Crippen LogP contribution is -2.50. The van der Waals surface area contributed by atoms with E-state index in [4.69, 9.17) is 10.5 Å². The molecule has 2 rings (SSSR count). The number of sulfonamides is 1. The summed E-state index contributed by atoms with van der Waals surface area (Å²) in [6.07, 6.45) is 0.503. The average molecular weight is 312 g/mol. The standard InChI is InChI=1S/C15H24N2O3S/c1-9-8-10(2)14(11(3)13(9)16)21(18,19)17-15(5)6-7-20-12(15)4/h8,12,17H,6-7,16H2,1-5H3. The number of aryl methyl sites for hydroxylation is 2. The molecule has 5 nitrogen and oxygen atoms in total. The van der Waals surface area contributed by atoms with Gasteiger partial charge in [-0.1, -0.05) is 6.07 Å². The molecule has 3 N–H and O–H groups in total. The van der Waals surface area contributed by atoms with E-state index in [1.54, 1.807) is 13.8 Å². The normalized spacial score (nSPS) is 26.2. The molecule has 1 heterocycles. The van der Waals surface area contributed by atoms with Crippen molar-refractivity contribution in [2.45, 2.75) is 57.6 Å². The van der Waals surface area contributed by atoms with Crippen molar-refractivity contribution >= 4 is 15.7 Å². The van der Waals surface area contributed by atoms with Crippen molar-refractivity contribution in [3.63, 3.8) is 0 Å². The summed E-state index contributed by atoms with van der Waals surface area (Å²) in [6.45, 7) is 9.76. The maximum absolute atomic E-state index is 12.8. The number of nitrogen functional groups attached to an aromatic ring is 1. The molecular weight excluding hydrogens is 288 g/mol. The van der Waals surface area contributed by atoms with Crippen molar-refractivity contribution in [1.82, 2.24) is 4.72 Å². The Kier molecular flexibility index (Phi) is 4.08. The molecule has 0 amide bonds. The average Bonchev–Trinajstić information content (AvgIpc) is 2.65. The van der Waals surface area contributed by atoms with Crippen LogP contribution in [0.15, 0.2) is 11.0 Å². The van der Waals surface area contributed by atoms with E-state index in [2.05, 4.69) is 4.72 Å². The molecule has 21 heavy (non-hydrogen) atoms. The van der Waals surface area contributed by atoms with Gasteiger partial charge < -0.3 is 10.5 Å². The highest BCUT2D eigenvalue weighted by molar-refractivity contribution is 7.89. The second-order valence-electron chi connectivity index (χ2n) is 6.16. The van der Waals surface area contributed by atoms with E-state index in [9.17, 15) is 8.42 Å². The number of rotatable bonds is 3. The minimum Gasteiger partial charge on any atom is -0.398 e. The highest BCUT2D eigenvalue weighted by Gasteiger charge is 2.41. The number of benzene rings is 1. The summed E-state index contributed by atoms with van der Waals surface area (Å²) in [7, 11) is -3.65. The van der Waals surface area contributed by atoms with Gasteiger partial charge in [0.2, 0.25) is 10.0 Å². The van der Waals surface area contributed by atoms with Crippen molar-refractivity contribution in [3.05, 3.63) is 22.8 Å². The molecule has 6 heteroatoms. The smallest absolute Gasteiger partial charge is 0.241 e. The van der Waals surface area contributed by atoms with Gasteiger partial charge in [0, 0.05) is 12.3 Å². The monoisotopic (exact) mass is 312 g/mol. The summed E-state index contributed by atoms with van der Waals surface area (Å²) in [5, 5.41) is 0. The fourth-order valence-corrected chi connectivity index (χ4v) is 4.90. The molecule has 0 spiro atoms. The van der Waals surface area contributed by atoms with Gasteiger partial charge in [-0.05, 0) is 57.7 Å². The second-order valence-corrected chi connectivity index (χ2v) is 7.78. The van der Waals surface area contributed by atoms with E-state index in [0.29, 0.717) is 29.8 Å². The first kappa shape index (κ1) is 16.3. The zero-order valence-corrected chi connectivity index (χ0v) is 14.1. The largest absolute Gasteiger partial charge is 0.398 e. The van der Waals surface area contributed by atoms with Crippen LogP contribution in [0.25, 0.3) is 0 Å². The van der Waals surface area contributed by atoms with E-state index in [1.165, 1.54) is 0 Å². The molecule has 1 aromatic carbocycles. The molecule has 0 radical (unpaired) electrons. The fraction of sp³-hybridized carbons (Fsp3) is 0.600. The summed E-state index contributed by atoms with van der Waals surface area (Å²) >= 11 is 0. The van der Waals surface area contributed by atoms with Crippen LogP contribution in [0.1, 0.15) is 37.0 Å². The number of hydrogen-bond donors (Lipinski definition) is 2. The van der Waals surface area contributed by atoms with Crippen LogP contribution in [-0.2, 0) is 14.8 Å².